The van der Waals surface area contributed by atoms with Crippen LogP contribution in [0.15, 0.2) is 18.2 Å². The molecule has 3 rings (SSSR count). The third-order valence-electron chi connectivity index (χ3n) is 5.46. The molecule has 0 bridgehead atoms. The number of rotatable bonds is 6. The largest absolute Gasteiger partial charge is 0.367 e. The van der Waals surface area contributed by atoms with Gasteiger partial charge >= 0.3 is 0 Å². The van der Waals surface area contributed by atoms with Gasteiger partial charge in [0.15, 0.2) is 6.29 Å². The highest BCUT2D eigenvalue weighted by molar-refractivity contribution is 8.01. The maximum absolute atomic E-state index is 13.2. The van der Waals surface area contributed by atoms with Crippen molar-refractivity contribution in [1.82, 2.24) is 16.1 Å². The first-order valence-corrected chi connectivity index (χ1v) is 11.1. The third-order valence-corrected chi connectivity index (χ3v) is 7.67. The Morgan fingerprint density at radius 2 is 1.97 bits per heavy atom. The van der Waals surface area contributed by atoms with Crippen LogP contribution in [0.25, 0.3) is 0 Å². The van der Waals surface area contributed by atoms with Crippen molar-refractivity contribution in [3.8, 4) is 0 Å². The summed E-state index contributed by atoms with van der Waals surface area (Å²) in [5.41, 5.74) is 3.37. The lowest BCUT2D eigenvalue weighted by Crippen LogP contribution is -2.54. The number of aliphatic hydroxyl groups is 2. The molecule has 166 valence electrons. The number of carbonyl (C=O) groups excluding carboxylic acids is 2. The lowest BCUT2D eigenvalue weighted by atomic mass is 9.89. The van der Waals surface area contributed by atoms with Crippen LogP contribution in [0.1, 0.15) is 32.4 Å². The predicted molar refractivity (Wildman–Crippen MR) is 115 cm³/mol. The minimum atomic E-state index is -1.60. The van der Waals surface area contributed by atoms with Gasteiger partial charge in [0.1, 0.15) is 12.3 Å². The summed E-state index contributed by atoms with van der Waals surface area (Å²) in [6, 6.07) is 2.93. The molecule has 2 aliphatic heterocycles. The monoisotopic (exact) mass is 477 g/mol. The van der Waals surface area contributed by atoms with Crippen molar-refractivity contribution in [2.75, 3.05) is 0 Å². The van der Waals surface area contributed by atoms with Crippen molar-refractivity contribution in [3.05, 3.63) is 33.8 Å². The van der Waals surface area contributed by atoms with Gasteiger partial charge < -0.3 is 20.3 Å². The van der Waals surface area contributed by atoms with Gasteiger partial charge in [0.05, 0.1) is 29.5 Å². The Kier molecular flexibility index (Phi) is 7.36. The SMILES string of the molecule is C[C@H]1ONC(c2c(Cl)cccc2Cl)[C@H]1C(=O)N[C@H](C=O)[C@@H]1N[C@@H](C(O)O)C(C)(C)S1. The zero-order valence-corrected chi connectivity index (χ0v) is 19.0. The highest BCUT2D eigenvalue weighted by Crippen LogP contribution is 2.41. The van der Waals surface area contributed by atoms with E-state index in [1.54, 1.807) is 25.1 Å². The fraction of sp³-hybridized carbons (Fsp3) is 0.579. The number of hydrogen-bond donors (Lipinski definition) is 5. The number of aldehydes is 1. The number of thioether (sulfide) groups is 1. The molecule has 2 fully saturated rings. The van der Waals surface area contributed by atoms with Crippen LogP contribution >= 0.6 is 35.0 Å². The van der Waals surface area contributed by atoms with Crippen molar-refractivity contribution in [2.24, 2.45) is 5.92 Å². The molecule has 1 amide bonds. The molecule has 0 spiro atoms. The van der Waals surface area contributed by atoms with Gasteiger partial charge in [0, 0.05) is 20.4 Å². The summed E-state index contributed by atoms with van der Waals surface area (Å²) in [4.78, 5) is 30.4. The number of aliphatic hydroxyl groups excluding tert-OH is 1. The molecule has 1 unspecified atom stereocenters. The summed E-state index contributed by atoms with van der Waals surface area (Å²) in [6.07, 6.45) is -1.46. The predicted octanol–water partition coefficient (Wildman–Crippen LogP) is 1.38. The Morgan fingerprint density at radius 1 is 1.33 bits per heavy atom. The molecule has 1 aromatic carbocycles. The van der Waals surface area contributed by atoms with Gasteiger partial charge in [-0.2, -0.15) is 5.48 Å². The van der Waals surface area contributed by atoms with E-state index in [0.29, 0.717) is 21.9 Å². The Balaban J connectivity index is 1.78. The number of amides is 1. The number of hydroxylamine groups is 1. The summed E-state index contributed by atoms with van der Waals surface area (Å²) >= 11 is 14.0. The zero-order valence-electron chi connectivity index (χ0n) is 16.6. The molecule has 0 saturated carbocycles. The second-order valence-corrected chi connectivity index (χ2v) is 10.6. The lowest BCUT2D eigenvalue weighted by Gasteiger charge is -2.26. The van der Waals surface area contributed by atoms with Gasteiger partial charge in [0.2, 0.25) is 5.91 Å². The van der Waals surface area contributed by atoms with Crippen molar-refractivity contribution in [2.45, 2.75) is 61.4 Å². The van der Waals surface area contributed by atoms with Crippen LogP contribution in [0.4, 0.5) is 0 Å². The zero-order chi connectivity index (χ0) is 22.2. The Morgan fingerprint density at radius 3 is 2.50 bits per heavy atom. The van der Waals surface area contributed by atoms with E-state index in [2.05, 4.69) is 16.1 Å². The minimum Gasteiger partial charge on any atom is -0.367 e. The summed E-state index contributed by atoms with van der Waals surface area (Å²) in [7, 11) is 0. The average Bonchev–Trinajstić information content (AvgIpc) is 3.19. The molecule has 5 N–H and O–H groups in total. The first-order chi connectivity index (χ1) is 14.1. The van der Waals surface area contributed by atoms with Gasteiger partial charge in [-0.25, -0.2) is 0 Å². The van der Waals surface area contributed by atoms with Gasteiger partial charge in [-0.05, 0) is 32.9 Å². The van der Waals surface area contributed by atoms with Crippen LogP contribution in [-0.4, -0.2) is 57.0 Å². The van der Waals surface area contributed by atoms with E-state index < -0.39 is 52.5 Å². The average molecular weight is 478 g/mol. The summed E-state index contributed by atoms with van der Waals surface area (Å²) in [5.74, 6) is -1.10. The van der Waals surface area contributed by atoms with E-state index in [9.17, 15) is 19.8 Å². The molecule has 11 heteroatoms. The van der Waals surface area contributed by atoms with E-state index in [4.69, 9.17) is 28.0 Å². The Labute approximate surface area is 189 Å². The molecule has 2 saturated heterocycles. The topological polar surface area (TPSA) is 120 Å². The van der Waals surface area contributed by atoms with E-state index in [1.165, 1.54) is 11.8 Å². The molecule has 0 aliphatic carbocycles. The summed E-state index contributed by atoms with van der Waals surface area (Å²) < 4.78 is -0.552. The van der Waals surface area contributed by atoms with Crippen LogP contribution < -0.4 is 16.1 Å². The summed E-state index contributed by atoms with van der Waals surface area (Å²) in [6.45, 7) is 5.41. The normalized spacial score (nSPS) is 31.7. The van der Waals surface area contributed by atoms with Gasteiger partial charge in [0.25, 0.3) is 0 Å². The molecule has 1 aromatic rings. The lowest BCUT2D eigenvalue weighted by molar-refractivity contribution is -0.129. The van der Waals surface area contributed by atoms with Crippen LogP contribution in [0, 0.1) is 5.92 Å². The first kappa shape index (κ1) is 23.7. The third kappa shape index (κ3) is 4.63. The highest BCUT2D eigenvalue weighted by atomic mass is 35.5. The molecular formula is C19H25Cl2N3O5S. The van der Waals surface area contributed by atoms with Gasteiger partial charge in [-0.3, -0.25) is 14.9 Å². The van der Waals surface area contributed by atoms with Gasteiger partial charge in [-0.15, -0.1) is 11.8 Å². The molecule has 8 nitrogen and oxygen atoms in total. The van der Waals surface area contributed by atoms with Crippen LogP contribution in [-0.2, 0) is 14.4 Å². The van der Waals surface area contributed by atoms with Crippen molar-refractivity contribution < 1.29 is 24.6 Å². The second-order valence-electron chi connectivity index (χ2n) is 7.95. The van der Waals surface area contributed by atoms with Crippen LogP contribution in [0.5, 0.6) is 0 Å². The molecule has 2 aliphatic rings. The quantitative estimate of drug-likeness (QED) is 0.307. The van der Waals surface area contributed by atoms with E-state index >= 15 is 0 Å². The van der Waals surface area contributed by atoms with Crippen molar-refractivity contribution in [3.63, 3.8) is 0 Å². The second kappa shape index (κ2) is 9.30. The molecule has 0 aromatic heterocycles. The Hall–Kier alpha value is -0.910. The number of carbonyl (C=O) groups is 2. The number of hydrogen-bond acceptors (Lipinski definition) is 8. The van der Waals surface area contributed by atoms with E-state index in [1.807, 2.05) is 13.8 Å². The number of halogens is 2. The summed E-state index contributed by atoms with van der Waals surface area (Å²) in [5, 5.41) is 25.3. The first-order valence-electron chi connectivity index (χ1n) is 9.47. The fourth-order valence-electron chi connectivity index (χ4n) is 3.88. The number of benzene rings is 1. The number of nitrogens with one attached hydrogen (secondary N) is 3. The van der Waals surface area contributed by atoms with Crippen molar-refractivity contribution >= 4 is 47.2 Å². The molecule has 6 atom stereocenters. The molecular weight excluding hydrogens is 453 g/mol. The molecule has 0 radical (unpaired) electrons. The Bertz CT molecular complexity index is 792. The maximum Gasteiger partial charge on any atom is 0.228 e. The van der Waals surface area contributed by atoms with E-state index in [-0.39, 0.29) is 0 Å². The maximum atomic E-state index is 13.2. The fourth-order valence-corrected chi connectivity index (χ4v) is 6.00. The van der Waals surface area contributed by atoms with Crippen molar-refractivity contribution in [1.29, 1.82) is 0 Å². The van der Waals surface area contributed by atoms with Crippen LogP contribution in [0.3, 0.4) is 0 Å². The molecule has 2 heterocycles. The smallest absolute Gasteiger partial charge is 0.228 e. The van der Waals surface area contributed by atoms with Crippen LogP contribution in [0.2, 0.25) is 10.0 Å². The highest BCUT2D eigenvalue weighted by Gasteiger charge is 2.48. The van der Waals surface area contributed by atoms with E-state index in [0.717, 1.165) is 0 Å². The standard InChI is InChI=1S/C19H25Cl2N3O5S/c1-8-12(14(24-29-8)13-9(20)5-4-6-10(13)21)16(26)22-11(7-25)17-23-15(18(27)28)19(2,3)30-17/h4-8,11-12,14-15,17-18,23-24,27-28H,1-3H3,(H,22,26)/t8-,11-,12+,14?,15+,17-/m1/s1. The molecule has 30 heavy (non-hydrogen) atoms. The minimum absolute atomic E-state index is 0.400. The van der Waals surface area contributed by atoms with Gasteiger partial charge in [-0.1, -0.05) is 29.3 Å².